The number of carbonyl (C=O) groups is 1. The van der Waals surface area contributed by atoms with E-state index in [1.54, 1.807) is 21.5 Å². The molecule has 4 N–H and O–H groups in total. The van der Waals surface area contributed by atoms with Gasteiger partial charge in [-0.1, -0.05) is 29.6 Å². The number of hydrogen-bond donors (Lipinski definition) is 4. The summed E-state index contributed by atoms with van der Waals surface area (Å²) >= 11 is 25.8. The maximum atomic E-state index is 12.5. The molecule has 3 atom stereocenters. The van der Waals surface area contributed by atoms with Crippen LogP contribution in [0.15, 0.2) is 24.3 Å². The summed E-state index contributed by atoms with van der Waals surface area (Å²) in [5, 5.41) is 32.4. The molecule has 0 aliphatic carbocycles. The third-order valence-corrected chi connectivity index (χ3v) is 7.52. The number of halogens is 5. The number of rotatable bonds is 2. The number of piperidine rings is 2. The normalized spacial score (nSPS) is 21.5. The second-order valence-electron chi connectivity index (χ2n) is 11.8. The van der Waals surface area contributed by atoms with E-state index in [0.717, 1.165) is 37.9 Å². The number of aromatic nitrogens is 5. The molecule has 46 heavy (non-hydrogen) atoms. The first kappa shape index (κ1) is 36.9. The lowest BCUT2D eigenvalue weighted by molar-refractivity contribution is 0.00896. The van der Waals surface area contributed by atoms with E-state index in [1.807, 2.05) is 26.8 Å². The van der Waals surface area contributed by atoms with E-state index in [9.17, 15) is 19.6 Å². The van der Waals surface area contributed by atoms with E-state index in [0.29, 0.717) is 40.1 Å². The van der Waals surface area contributed by atoms with Crippen LogP contribution in [0.2, 0.25) is 10.3 Å². The second-order valence-corrected chi connectivity index (χ2v) is 19.2. The lowest BCUT2D eigenvalue weighted by Gasteiger charge is -2.35. The highest BCUT2D eigenvalue weighted by Gasteiger charge is 2.34. The summed E-state index contributed by atoms with van der Waals surface area (Å²) in [5.41, 5.74) is 1.79. The van der Waals surface area contributed by atoms with Crippen LogP contribution in [-0.4, -0.2) is 70.5 Å². The largest absolute Gasteiger partial charge is 0.493 e. The Balaban J connectivity index is 0.000000190. The zero-order valence-electron chi connectivity index (χ0n) is 25.3. The molecule has 3 aliphatic heterocycles. The fourth-order valence-electron chi connectivity index (χ4n) is 5.22. The molecule has 2 fully saturated rings. The molecule has 254 valence electrons. The molecule has 2 saturated heterocycles. The Labute approximate surface area is 290 Å². The topological polar surface area (TPSA) is 159 Å². The monoisotopic (exact) mass is 758 g/mol. The van der Waals surface area contributed by atoms with Gasteiger partial charge in [-0.2, -0.15) is 14.9 Å². The minimum Gasteiger partial charge on any atom is -0.493 e. The first-order chi connectivity index (χ1) is 21.5. The summed E-state index contributed by atoms with van der Waals surface area (Å²) in [7, 11) is 0. The molecule has 13 nitrogen and oxygen atoms in total. The Kier molecular flexibility index (Phi) is 12.4. The van der Waals surface area contributed by atoms with Crippen molar-refractivity contribution in [3.63, 3.8) is 0 Å². The van der Waals surface area contributed by atoms with E-state index in [-0.39, 0.29) is 18.0 Å². The molecular formula is C27H36Cl5N8O5P. The summed E-state index contributed by atoms with van der Waals surface area (Å²) in [6.07, 6.45) is 6.20. The average Bonchev–Trinajstić information content (AvgIpc) is 3.57. The number of ether oxygens (including phenoxy) is 1. The van der Waals surface area contributed by atoms with Gasteiger partial charge in [0.05, 0.1) is 23.5 Å². The predicted octanol–water partition coefficient (Wildman–Crippen LogP) is 8.11. The third-order valence-electron chi connectivity index (χ3n) is 7.06. The van der Waals surface area contributed by atoms with Crippen LogP contribution in [0, 0.1) is 0 Å². The standard InChI is InChI=1S/C16H24N4O4.C11H12Cl2N4.Cl3OP/c1-16(2,3)24-15(23)19-7-5-4-6-11(19)10-8-12-17-13(21)9-14(22)20(12)18-10;12-9-6-10(13)17-11(15-9)5-8(16-17)7-3-1-2-4-14-7;1-5(2,3)4/h8-9,11,13,17,21-22H,4-7H2,1-3H3;5-7,14H,1-4H2;/t11-,13?;7-;/m00./s1. The first-order valence-electron chi connectivity index (χ1n) is 14.6. The molecule has 3 aromatic heterocycles. The number of aliphatic hydroxyl groups excluding tert-OH is 2. The Morgan fingerprint density at radius 2 is 1.74 bits per heavy atom. The van der Waals surface area contributed by atoms with Gasteiger partial charge in [0.2, 0.25) is 5.88 Å². The molecule has 0 radical (unpaired) electrons. The number of nitrogens with zero attached hydrogens (tertiary/aromatic N) is 6. The quantitative estimate of drug-likeness (QED) is 0.149. The highest BCUT2D eigenvalue weighted by atomic mass is 36.0. The number of fused-ring (bicyclic) bond motifs is 2. The molecule has 0 spiro atoms. The number of aliphatic hydroxyl groups is 2. The van der Waals surface area contributed by atoms with Gasteiger partial charge in [-0.15, -0.1) is 0 Å². The summed E-state index contributed by atoms with van der Waals surface area (Å²) in [5.74, 6) is 0.356. The SMILES string of the molecule is CC(C)(C)OC(=O)N1CCCC[C@H]1c1cc2n(n1)C(O)=CC(O)N2.Clc1cc(Cl)n2nc([C@@H]3CCCCN3)cc2n1.O=P(Cl)(Cl)Cl. The third kappa shape index (κ3) is 10.5. The van der Waals surface area contributed by atoms with E-state index in [1.165, 1.54) is 23.6 Å². The smallest absolute Gasteiger partial charge is 0.410 e. The van der Waals surface area contributed by atoms with Gasteiger partial charge in [0.1, 0.15) is 28.0 Å². The molecule has 0 aromatic carbocycles. The number of likely N-dealkylation sites (tertiary alicyclic amines) is 1. The van der Waals surface area contributed by atoms with E-state index in [4.69, 9.17) is 27.9 Å². The molecule has 0 bridgehead atoms. The number of nitrogens with one attached hydrogen (secondary N) is 2. The fraction of sp³-hybridized carbons (Fsp3) is 0.556. The summed E-state index contributed by atoms with van der Waals surface area (Å²) in [6, 6.07) is 5.39. The van der Waals surface area contributed by atoms with Crippen LogP contribution >= 0.6 is 62.1 Å². The Morgan fingerprint density at radius 3 is 2.39 bits per heavy atom. The molecule has 6 rings (SSSR count). The minimum absolute atomic E-state index is 0.137. The van der Waals surface area contributed by atoms with E-state index < -0.39 is 17.0 Å². The van der Waals surface area contributed by atoms with Crippen molar-refractivity contribution >= 4 is 85.6 Å². The van der Waals surface area contributed by atoms with Crippen molar-refractivity contribution in [2.45, 2.75) is 83.2 Å². The van der Waals surface area contributed by atoms with Crippen molar-refractivity contribution in [1.29, 1.82) is 0 Å². The van der Waals surface area contributed by atoms with Crippen LogP contribution in [-0.2, 0) is 9.30 Å². The van der Waals surface area contributed by atoms with Gasteiger partial charge in [0, 0.05) is 30.8 Å². The minimum atomic E-state index is -3.22. The van der Waals surface area contributed by atoms with Gasteiger partial charge in [-0.25, -0.2) is 14.3 Å². The van der Waals surface area contributed by atoms with Gasteiger partial charge in [0.25, 0.3) is 0 Å². The van der Waals surface area contributed by atoms with Gasteiger partial charge < -0.3 is 25.6 Å². The number of carbonyl (C=O) groups excluding carboxylic acids is 1. The first-order valence-corrected chi connectivity index (χ1v) is 19.8. The molecule has 3 aliphatic rings. The van der Waals surface area contributed by atoms with Crippen molar-refractivity contribution < 1.29 is 24.3 Å². The van der Waals surface area contributed by atoms with Crippen LogP contribution in [0.25, 0.3) is 11.5 Å². The highest BCUT2D eigenvalue weighted by Crippen LogP contribution is 2.61. The summed E-state index contributed by atoms with van der Waals surface area (Å²) in [6.45, 7) is 7.17. The molecule has 6 heterocycles. The van der Waals surface area contributed by atoms with Crippen LogP contribution in [0.4, 0.5) is 10.6 Å². The number of amides is 1. The van der Waals surface area contributed by atoms with Gasteiger partial charge in [-0.3, -0.25) is 9.46 Å². The van der Waals surface area contributed by atoms with Crippen molar-refractivity contribution in [1.82, 2.24) is 34.6 Å². The highest BCUT2D eigenvalue weighted by molar-refractivity contribution is 8.24. The summed E-state index contributed by atoms with van der Waals surface area (Å²) < 4.78 is 18.0. The lowest BCUT2D eigenvalue weighted by atomic mass is 10.00. The van der Waals surface area contributed by atoms with Crippen molar-refractivity contribution in [2.24, 2.45) is 0 Å². The molecule has 0 saturated carbocycles. The second kappa shape index (κ2) is 15.5. The van der Waals surface area contributed by atoms with Crippen LogP contribution < -0.4 is 10.6 Å². The number of anilines is 1. The van der Waals surface area contributed by atoms with Crippen molar-refractivity contribution in [3.05, 3.63) is 46.0 Å². The zero-order valence-corrected chi connectivity index (χ0v) is 30.0. The summed E-state index contributed by atoms with van der Waals surface area (Å²) in [4.78, 5) is 18.4. The Bertz CT molecular complexity index is 1590. The predicted molar refractivity (Wildman–Crippen MR) is 181 cm³/mol. The van der Waals surface area contributed by atoms with Gasteiger partial charge >= 0.3 is 11.3 Å². The van der Waals surface area contributed by atoms with Crippen molar-refractivity contribution in [3.8, 4) is 0 Å². The maximum Gasteiger partial charge on any atom is 0.410 e. The van der Waals surface area contributed by atoms with Crippen LogP contribution in [0.5, 0.6) is 0 Å². The fourth-order valence-corrected chi connectivity index (χ4v) is 5.70. The van der Waals surface area contributed by atoms with Crippen LogP contribution in [0.1, 0.15) is 82.8 Å². The number of hydrogen-bond acceptors (Lipinski definition) is 10. The van der Waals surface area contributed by atoms with Gasteiger partial charge in [0.15, 0.2) is 5.65 Å². The molecule has 1 unspecified atom stereocenters. The average molecular weight is 761 g/mol. The zero-order chi connectivity index (χ0) is 33.8. The molecular weight excluding hydrogens is 725 g/mol. The van der Waals surface area contributed by atoms with Crippen molar-refractivity contribution in [2.75, 3.05) is 18.4 Å². The van der Waals surface area contributed by atoms with E-state index >= 15 is 0 Å². The van der Waals surface area contributed by atoms with E-state index in [2.05, 4.69) is 59.5 Å². The molecule has 19 heteroatoms. The molecule has 1 amide bonds. The maximum absolute atomic E-state index is 12.5. The molecule has 3 aromatic rings. The van der Waals surface area contributed by atoms with Gasteiger partial charge in [-0.05, 0) is 93.1 Å². The van der Waals surface area contributed by atoms with Crippen LogP contribution in [0.3, 0.4) is 0 Å². The Morgan fingerprint density at radius 1 is 1.04 bits per heavy atom. The lowest BCUT2D eigenvalue weighted by Crippen LogP contribution is -2.42. The Hall–Kier alpha value is -1.96.